The number of hydrogen-bond donors (Lipinski definition) is 1. The van der Waals surface area contributed by atoms with Gasteiger partial charge in [0.15, 0.2) is 0 Å². The molecule has 0 spiro atoms. The summed E-state index contributed by atoms with van der Waals surface area (Å²) in [5.74, 6) is 0.908. The molecule has 0 bridgehead atoms. The highest BCUT2D eigenvalue weighted by Crippen LogP contribution is 2.41. The first-order valence-electron chi connectivity index (χ1n) is 7.54. The lowest BCUT2D eigenvalue weighted by Gasteiger charge is -2.39. The van der Waals surface area contributed by atoms with Crippen LogP contribution >= 0.6 is 22.6 Å². The van der Waals surface area contributed by atoms with Crippen molar-refractivity contribution in [3.63, 3.8) is 0 Å². The molecule has 0 heterocycles. The molecule has 0 amide bonds. The zero-order valence-electron chi connectivity index (χ0n) is 12.4. The molecule has 0 saturated heterocycles. The molecule has 1 aromatic carbocycles. The van der Waals surface area contributed by atoms with Crippen molar-refractivity contribution in [2.24, 2.45) is 11.3 Å². The Kier molecular flexibility index (Phi) is 5.15. The van der Waals surface area contributed by atoms with Crippen molar-refractivity contribution in [3.05, 3.63) is 27.8 Å². The molecule has 1 aliphatic rings. The molecule has 19 heavy (non-hydrogen) atoms. The van der Waals surface area contributed by atoms with E-state index in [1.165, 1.54) is 41.4 Å². The fraction of sp³-hybridized carbons (Fsp3) is 0.647. The summed E-state index contributed by atoms with van der Waals surface area (Å²) in [6.07, 6.45) is 6.69. The summed E-state index contributed by atoms with van der Waals surface area (Å²) in [4.78, 5) is 0. The Balaban J connectivity index is 1.89. The van der Waals surface area contributed by atoms with E-state index in [4.69, 9.17) is 0 Å². The molecule has 1 aliphatic carbocycles. The van der Waals surface area contributed by atoms with Gasteiger partial charge in [-0.25, -0.2) is 0 Å². The van der Waals surface area contributed by atoms with Crippen LogP contribution in [0, 0.1) is 14.9 Å². The number of hydrogen-bond acceptors (Lipinski definition) is 1. The van der Waals surface area contributed by atoms with Crippen molar-refractivity contribution in [2.75, 3.05) is 5.32 Å². The van der Waals surface area contributed by atoms with Gasteiger partial charge in [-0.3, -0.25) is 0 Å². The summed E-state index contributed by atoms with van der Waals surface area (Å²) in [6.45, 7) is 7.20. The van der Waals surface area contributed by atoms with E-state index in [0.717, 1.165) is 5.92 Å². The van der Waals surface area contributed by atoms with Gasteiger partial charge in [-0.15, -0.1) is 0 Å². The number of rotatable bonds is 4. The van der Waals surface area contributed by atoms with Crippen LogP contribution < -0.4 is 5.32 Å². The second kappa shape index (κ2) is 6.47. The maximum absolute atomic E-state index is 3.73. The number of anilines is 1. The molecule has 2 heteroatoms. The molecular weight excluding hydrogens is 345 g/mol. The van der Waals surface area contributed by atoms with Crippen LogP contribution in [0.15, 0.2) is 24.3 Å². The van der Waals surface area contributed by atoms with E-state index < -0.39 is 0 Å². The van der Waals surface area contributed by atoms with E-state index in [9.17, 15) is 0 Å². The Morgan fingerprint density at radius 1 is 1.16 bits per heavy atom. The van der Waals surface area contributed by atoms with E-state index in [2.05, 4.69) is 72.9 Å². The number of nitrogens with one attached hydrogen (secondary N) is 1. The zero-order valence-corrected chi connectivity index (χ0v) is 14.5. The minimum absolute atomic E-state index is 0.520. The molecule has 1 saturated carbocycles. The van der Waals surface area contributed by atoms with Gasteiger partial charge in [0.1, 0.15) is 0 Å². The average Bonchev–Trinajstić information content (AvgIpc) is 2.42. The van der Waals surface area contributed by atoms with Crippen LogP contribution in [0.5, 0.6) is 0 Å². The van der Waals surface area contributed by atoms with E-state index in [-0.39, 0.29) is 0 Å². The molecule has 1 nitrogen and oxygen atoms in total. The maximum Gasteiger partial charge on any atom is 0.0478 e. The summed E-state index contributed by atoms with van der Waals surface area (Å²) in [7, 11) is 0. The highest BCUT2D eigenvalue weighted by atomic mass is 127. The number of halogens is 1. The average molecular weight is 371 g/mol. The van der Waals surface area contributed by atoms with Crippen LogP contribution in [0.3, 0.4) is 0 Å². The normalized spacial score (nSPS) is 24.2. The van der Waals surface area contributed by atoms with Crippen molar-refractivity contribution in [3.8, 4) is 0 Å². The smallest absolute Gasteiger partial charge is 0.0478 e. The van der Waals surface area contributed by atoms with Gasteiger partial charge in [0, 0.05) is 15.3 Å². The van der Waals surface area contributed by atoms with Crippen molar-refractivity contribution in [1.82, 2.24) is 0 Å². The molecule has 0 unspecified atom stereocenters. The lowest BCUT2D eigenvalue weighted by Crippen LogP contribution is -2.32. The third-order valence-corrected chi connectivity index (χ3v) is 5.92. The van der Waals surface area contributed by atoms with E-state index in [1.807, 2.05) is 0 Å². The highest BCUT2D eigenvalue weighted by molar-refractivity contribution is 14.1. The summed E-state index contributed by atoms with van der Waals surface area (Å²) in [5, 5.41) is 3.73. The fourth-order valence-electron chi connectivity index (χ4n) is 3.11. The molecule has 106 valence electrons. The van der Waals surface area contributed by atoms with Gasteiger partial charge in [0.05, 0.1) is 0 Å². The third kappa shape index (κ3) is 3.87. The van der Waals surface area contributed by atoms with Gasteiger partial charge in [-0.2, -0.15) is 0 Å². The lowest BCUT2D eigenvalue weighted by molar-refractivity contribution is 0.147. The lowest BCUT2D eigenvalue weighted by atomic mass is 9.69. The molecular formula is C17H26IN. The topological polar surface area (TPSA) is 12.0 Å². The van der Waals surface area contributed by atoms with Crippen LogP contribution in [0.4, 0.5) is 5.69 Å². The minimum Gasteiger partial charge on any atom is -0.381 e. The Labute approximate surface area is 131 Å². The van der Waals surface area contributed by atoms with Gasteiger partial charge in [-0.05, 0) is 71.7 Å². The molecule has 0 aromatic heterocycles. The molecule has 1 fully saturated rings. The second-order valence-electron chi connectivity index (χ2n) is 6.51. The first-order chi connectivity index (χ1) is 9.03. The van der Waals surface area contributed by atoms with Gasteiger partial charge >= 0.3 is 0 Å². The van der Waals surface area contributed by atoms with Gasteiger partial charge in [0.25, 0.3) is 0 Å². The highest BCUT2D eigenvalue weighted by Gasteiger charge is 2.31. The predicted molar refractivity (Wildman–Crippen MR) is 92.6 cm³/mol. The third-order valence-electron chi connectivity index (χ3n) is 4.98. The van der Waals surface area contributed by atoms with Crippen molar-refractivity contribution in [1.29, 1.82) is 0 Å². The molecule has 0 radical (unpaired) electrons. The van der Waals surface area contributed by atoms with Crippen LogP contribution in [-0.4, -0.2) is 6.04 Å². The van der Waals surface area contributed by atoms with E-state index in [1.54, 1.807) is 0 Å². The largest absolute Gasteiger partial charge is 0.381 e. The predicted octanol–water partition coefficient (Wildman–Crippen LogP) is 5.70. The molecule has 0 atom stereocenters. The van der Waals surface area contributed by atoms with Gasteiger partial charge in [0.2, 0.25) is 0 Å². The first-order valence-corrected chi connectivity index (χ1v) is 8.62. The quantitative estimate of drug-likeness (QED) is 0.670. The molecule has 2 rings (SSSR count). The van der Waals surface area contributed by atoms with E-state index in [0.29, 0.717) is 11.5 Å². The second-order valence-corrected chi connectivity index (χ2v) is 7.68. The molecule has 1 N–H and O–H groups in total. The monoisotopic (exact) mass is 371 g/mol. The minimum atomic E-state index is 0.520. The SMILES string of the molecule is CCC(C)(C)C1CCC(Nc2ccccc2I)CC1. The van der Waals surface area contributed by atoms with Gasteiger partial charge in [-0.1, -0.05) is 39.3 Å². The summed E-state index contributed by atoms with van der Waals surface area (Å²) < 4.78 is 1.33. The van der Waals surface area contributed by atoms with Crippen molar-refractivity contribution in [2.45, 2.75) is 58.9 Å². The molecule has 1 aromatic rings. The van der Waals surface area contributed by atoms with Crippen molar-refractivity contribution >= 4 is 28.3 Å². The Bertz CT molecular complexity index is 405. The Hall–Kier alpha value is -0.250. The van der Waals surface area contributed by atoms with Crippen LogP contribution in [0.25, 0.3) is 0 Å². The standard InChI is InChI=1S/C17H26IN/c1-4-17(2,3)13-9-11-14(12-10-13)19-16-8-6-5-7-15(16)18/h5-8,13-14,19H,4,9-12H2,1-3H3. The van der Waals surface area contributed by atoms with Gasteiger partial charge < -0.3 is 5.32 Å². The summed E-state index contributed by atoms with van der Waals surface area (Å²) >= 11 is 2.42. The van der Waals surface area contributed by atoms with Crippen LogP contribution in [-0.2, 0) is 0 Å². The number of benzene rings is 1. The number of para-hydroxylation sites is 1. The van der Waals surface area contributed by atoms with Crippen LogP contribution in [0.2, 0.25) is 0 Å². The fourth-order valence-corrected chi connectivity index (χ4v) is 3.65. The summed E-state index contributed by atoms with van der Waals surface area (Å²) in [6, 6.07) is 9.27. The first kappa shape index (κ1) is 15.1. The molecule has 0 aliphatic heterocycles. The zero-order chi connectivity index (χ0) is 13.9. The van der Waals surface area contributed by atoms with Crippen molar-refractivity contribution < 1.29 is 0 Å². The van der Waals surface area contributed by atoms with E-state index >= 15 is 0 Å². The Morgan fingerprint density at radius 3 is 2.37 bits per heavy atom. The Morgan fingerprint density at radius 2 is 1.79 bits per heavy atom. The summed E-state index contributed by atoms with van der Waals surface area (Å²) in [5.41, 5.74) is 1.83. The maximum atomic E-state index is 3.73. The van der Waals surface area contributed by atoms with Crippen LogP contribution in [0.1, 0.15) is 52.9 Å².